The summed E-state index contributed by atoms with van der Waals surface area (Å²) in [6.07, 6.45) is 5.00. The second-order valence-electron chi connectivity index (χ2n) is 9.63. The van der Waals surface area contributed by atoms with Gasteiger partial charge in [0.2, 0.25) is 5.76 Å². The highest BCUT2D eigenvalue weighted by atomic mass is 32.2. The van der Waals surface area contributed by atoms with Crippen LogP contribution >= 0.6 is 11.8 Å². The van der Waals surface area contributed by atoms with Gasteiger partial charge in [-0.15, -0.1) is 5.10 Å². The first-order valence-corrected chi connectivity index (χ1v) is 13.1. The molecule has 1 atom stereocenters. The van der Waals surface area contributed by atoms with Crippen LogP contribution in [0.3, 0.4) is 0 Å². The van der Waals surface area contributed by atoms with Crippen molar-refractivity contribution < 1.29 is 23.6 Å². The molecule has 35 heavy (non-hydrogen) atoms. The lowest BCUT2D eigenvalue weighted by Gasteiger charge is -2.39. The maximum atomic E-state index is 13.4. The van der Waals surface area contributed by atoms with Crippen molar-refractivity contribution in [1.29, 1.82) is 0 Å². The Hall–Kier alpha value is -2.60. The fourth-order valence-electron chi connectivity index (χ4n) is 3.91. The number of thioether (sulfide) groups is 1. The number of rotatable bonds is 10. The minimum Gasteiger partial charge on any atom is -0.438 e. The molecule has 1 aliphatic heterocycles. The Labute approximate surface area is 210 Å². The van der Waals surface area contributed by atoms with Crippen LogP contribution in [0.25, 0.3) is 0 Å². The summed E-state index contributed by atoms with van der Waals surface area (Å²) in [4.78, 5) is 41.1. The zero-order valence-corrected chi connectivity index (χ0v) is 21.7. The molecule has 0 bridgehead atoms. The number of hydrogen-bond acceptors (Lipinski definition) is 9. The normalized spacial score (nSPS) is 19.4. The van der Waals surface area contributed by atoms with E-state index in [9.17, 15) is 14.4 Å². The number of aromatic nitrogens is 1. The number of amides is 3. The predicted octanol–water partition coefficient (Wildman–Crippen LogP) is 3.00. The van der Waals surface area contributed by atoms with E-state index in [2.05, 4.69) is 20.9 Å². The van der Waals surface area contributed by atoms with E-state index < -0.39 is 23.8 Å². The molecule has 2 aliphatic rings. The first-order valence-electron chi connectivity index (χ1n) is 12.1. The summed E-state index contributed by atoms with van der Waals surface area (Å²) in [5.74, 6) is 0.438. The topological polar surface area (TPSA) is 129 Å². The molecule has 194 valence electrons. The van der Waals surface area contributed by atoms with E-state index in [0.717, 1.165) is 30.8 Å². The van der Waals surface area contributed by atoms with Crippen LogP contribution in [0, 0.1) is 5.92 Å². The fraction of sp³-hybridized carbons (Fsp3) is 0.696. The lowest BCUT2D eigenvalue weighted by Crippen LogP contribution is -2.63. The van der Waals surface area contributed by atoms with E-state index in [1.165, 1.54) is 24.0 Å². The lowest BCUT2D eigenvalue weighted by atomic mass is 9.88. The van der Waals surface area contributed by atoms with Crippen molar-refractivity contribution in [2.75, 3.05) is 26.4 Å². The number of nitrogens with zero attached hydrogens (tertiary/aromatic N) is 4. The maximum Gasteiger partial charge on any atom is 0.343 e. The number of ether oxygens (including phenoxy) is 1. The Balaban J connectivity index is 1.75. The van der Waals surface area contributed by atoms with E-state index in [-0.39, 0.29) is 23.2 Å². The van der Waals surface area contributed by atoms with E-state index in [1.54, 1.807) is 0 Å². The molecule has 3 amide bonds. The van der Waals surface area contributed by atoms with Crippen LogP contribution < -0.4 is 10.6 Å². The zero-order chi connectivity index (χ0) is 25.4. The van der Waals surface area contributed by atoms with E-state index in [4.69, 9.17) is 9.26 Å². The molecule has 0 radical (unpaired) electrons. The summed E-state index contributed by atoms with van der Waals surface area (Å²) in [5.41, 5.74) is -0.985. The predicted molar refractivity (Wildman–Crippen MR) is 133 cm³/mol. The summed E-state index contributed by atoms with van der Waals surface area (Å²) in [7, 11) is 3.93. The van der Waals surface area contributed by atoms with Crippen LogP contribution in [0.5, 0.6) is 0 Å². The molecule has 1 saturated carbocycles. The largest absolute Gasteiger partial charge is 0.438 e. The Bertz CT molecular complexity index is 898. The van der Waals surface area contributed by atoms with Crippen molar-refractivity contribution in [2.24, 2.45) is 11.0 Å². The number of urea groups is 1. The molecular formula is C23H36N6O5S. The van der Waals surface area contributed by atoms with Gasteiger partial charge in [0, 0.05) is 24.8 Å². The highest BCUT2D eigenvalue weighted by Gasteiger charge is 2.43. The summed E-state index contributed by atoms with van der Waals surface area (Å²) in [5, 5.41) is 15.1. The van der Waals surface area contributed by atoms with Crippen LogP contribution in [-0.2, 0) is 9.53 Å². The molecule has 1 fully saturated rings. The minimum atomic E-state index is -1.12. The average molecular weight is 509 g/mol. The molecule has 2 N–H and O–H groups in total. The molecule has 1 aliphatic carbocycles. The molecule has 3 rings (SSSR count). The minimum absolute atomic E-state index is 0.0630. The Morgan fingerprint density at radius 3 is 2.60 bits per heavy atom. The van der Waals surface area contributed by atoms with Gasteiger partial charge in [-0.25, -0.2) is 4.79 Å². The van der Waals surface area contributed by atoms with Gasteiger partial charge in [-0.05, 0) is 52.1 Å². The second kappa shape index (κ2) is 12.4. The lowest BCUT2D eigenvalue weighted by molar-refractivity contribution is -0.131. The molecule has 12 heteroatoms. The number of carbonyl (C=O) groups is 3. The van der Waals surface area contributed by atoms with Crippen molar-refractivity contribution in [2.45, 2.75) is 70.7 Å². The fourth-order valence-corrected chi connectivity index (χ4v) is 4.84. The molecule has 0 spiro atoms. The van der Waals surface area contributed by atoms with Crippen LogP contribution in [0.4, 0.5) is 4.79 Å². The van der Waals surface area contributed by atoms with Gasteiger partial charge in [-0.1, -0.05) is 37.2 Å². The van der Waals surface area contributed by atoms with Crippen LogP contribution in [0.1, 0.15) is 69.3 Å². The van der Waals surface area contributed by atoms with Gasteiger partial charge in [-0.3, -0.25) is 9.59 Å². The van der Waals surface area contributed by atoms with Crippen LogP contribution in [0.15, 0.2) is 21.9 Å². The molecule has 0 aromatic carbocycles. The van der Waals surface area contributed by atoms with E-state index in [0.29, 0.717) is 30.9 Å². The average Bonchev–Trinajstić information content (AvgIpc) is 3.48. The van der Waals surface area contributed by atoms with E-state index >= 15 is 0 Å². The van der Waals surface area contributed by atoms with Crippen molar-refractivity contribution in [3.63, 3.8) is 0 Å². The summed E-state index contributed by atoms with van der Waals surface area (Å²) < 4.78 is 10.8. The third-order valence-electron chi connectivity index (χ3n) is 5.91. The zero-order valence-electron chi connectivity index (χ0n) is 20.9. The van der Waals surface area contributed by atoms with Gasteiger partial charge >= 0.3 is 6.03 Å². The van der Waals surface area contributed by atoms with Crippen molar-refractivity contribution in [3.05, 3.63) is 18.0 Å². The van der Waals surface area contributed by atoms with Gasteiger partial charge in [0.1, 0.15) is 5.66 Å². The third-order valence-corrected chi connectivity index (χ3v) is 6.72. The number of nitrogens with one attached hydrogen (secondary N) is 2. The smallest absolute Gasteiger partial charge is 0.343 e. The quantitative estimate of drug-likeness (QED) is 0.462. The maximum absolute atomic E-state index is 13.4. The summed E-state index contributed by atoms with van der Waals surface area (Å²) >= 11 is 1.36. The standard InChI is InChI=1S/C23H36N6O5S/c1-16(2)8-9-17(30)20-29(27-22(33-20)35-15-14-28(3)4)21(32)26-23(11-6-5-7-12-23)25-19(31)18-10-13-24-34-18/h10,13,16,20H,5-9,11-12,14-15H2,1-4H3,(H,25,31)(H,26,32). The highest BCUT2D eigenvalue weighted by Crippen LogP contribution is 2.28. The number of ketones is 1. The second-order valence-corrected chi connectivity index (χ2v) is 10.7. The monoisotopic (exact) mass is 508 g/mol. The number of carbonyl (C=O) groups excluding carboxylic acids is 3. The number of hydrazone groups is 1. The van der Waals surface area contributed by atoms with Gasteiger partial charge in [0.15, 0.2) is 5.78 Å². The summed E-state index contributed by atoms with van der Waals surface area (Å²) in [6.45, 7) is 4.87. The van der Waals surface area contributed by atoms with Crippen LogP contribution in [0.2, 0.25) is 0 Å². The van der Waals surface area contributed by atoms with E-state index in [1.807, 2.05) is 32.8 Å². The van der Waals surface area contributed by atoms with Crippen molar-refractivity contribution in [1.82, 2.24) is 25.7 Å². The first-order chi connectivity index (χ1) is 16.7. The van der Waals surface area contributed by atoms with Gasteiger partial charge < -0.3 is 24.8 Å². The van der Waals surface area contributed by atoms with Gasteiger partial charge in [0.25, 0.3) is 17.4 Å². The third kappa shape index (κ3) is 7.69. The van der Waals surface area contributed by atoms with Gasteiger partial charge in [-0.2, -0.15) is 5.01 Å². The molecule has 1 aromatic rings. The number of Topliss-reactive ketones (excluding diaryl/α,β-unsaturated/α-hetero) is 1. The SMILES string of the molecule is CC(C)CCC(=O)C1OC(SCCN(C)C)=NN1C(=O)NC1(NC(=O)c2ccno2)CCCCC1. The van der Waals surface area contributed by atoms with Crippen molar-refractivity contribution >= 4 is 34.7 Å². The highest BCUT2D eigenvalue weighted by molar-refractivity contribution is 8.13. The molecule has 11 nitrogen and oxygen atoms in total. The summed E-state index contributed by atoms with van der Waals surface area (Å²) in [6, 6.07) is 0.878. The Morgan fingerprint density at radius 1 is 1.23 bits per heavy atom. The molecule has 1 aromatic heterocycles. The molecule has 1 unspecified atom stereocenters. The molecule has 0 saturated heterocycles. The first kappa shape index (κ1) is 27.0. The van der Waals surface area contributed by atoms with Gasteiger partial charge in [0.05, 0.1) is 6.20 Å². The molecule has 2 heterocycles. The van der Waals surface area contributed by atoms with Crippen LogP contribution in [-0.4, -0.2) is 76.3 Å². The molecular weight excluding hydrogens is 472 g/mol. The Kier molecular flexibility index (Phi) is 9.55. The van der Waals surface area contributed by atoms with Crippen molar-refractivity contribution in [3.8, 4) is 0 Å². The Morgan fingerprint density at radius 2 is 1.97 bits per heavy atom. The number of hydrogen-bond donors (Lipinski definition) is 2.